The van der Waals surface area contributed by atoms with E-state index in [2.05, 4.69) is 4.98 Å². The number of carbonyl (C=O) groups excluding carboxylic acids is 1. The summed E-state index contributed by atoms with van der Waals surface area (Å²) in [5, 5.41) is 12.0. The van der Waals surface area contributed by atoms with Crippen molar-refractivity contribution in [1.29, 1.82) is 0 Å². The molecule has 3 heterocycles. The van der Waals surface area contributed by atoms with Crippen LogP contribution in [0.4, 0.5) is 0 Å². The highest BCUT2D eigenvalue weighted by atomic mass is 16.7. The van der Waals surface area contributed by atoms with Crippen LogP contribution in [0.5, 0.6) is 11.5 Å². The highest BCUT2D eigenvalue weighted by molar-refractivity contribution is 5.76. The van der Waals surface area contributed by atoms with Gasteiger partial charge in [-0.05, 0) is 43.4 Å². The van der Waals surface area contributed by atoms with Crippen molar-refractivity contribution >= 4 is 5.91 Å². The summed E-state index contributed by atoms with van der Waals surface area (Å²) < 4.78 is 12.4. The maximum atomic E-state index is 13.3. The Morgan fingerprint density at radius 1 is 1.00 bits per heavy atom. The van der Waals surface area contributed by atoms with Crippen LogP contribution in [-0.4, -0.2) is 50.9 Å². The van der Waals surface area contributed by atoms with Gasteiger partial charge in [0.25, 0.3) is 5.56 Å². The first kappa shape index (κ1) is 24.7. The molecule has 1 saturated carbocycles. The molecule has 0 bridgehead atoms. The Hall–Kier alpha value is -3.65. The standard InChI is InChI=1S/C30H33N3O5/c34-27(11-9-22-8-10-25-26(16-22)38-21-37-25)32-15-14-30(36,29(18-32)12-4-5-13-29)19-33-20-31-24(17-28(33)35)23-6-2-1-3-7-23/h1-3,6-8,10,16-17,20,36H,4-5,9,11-15,18-19,21H2/t30-/m1/s1. The number of carbonyl (C=O) groups is 1. The van der Waals surface area contributed by atoms with Crippen LogP contribution in [0.2, 0.25) is 0 Å². The number of aryl methyl sites for hydroxylation is 1. The van der Waals surface area contributed by atoms with Crippen molar-refractivity contribution in [1.82, 2.24) is 14.5 Å². The summed E-state index contributed by atoms with van der Waals surface area (Å²) in [4.78, 5) is 32.7. The fourth-order valence-corrected chi connectivity index (χ4v) is 6.41. The Balaban J connectivity index is 1.15. The first-order valence-corrected chi connectivity index (χ1v) is 13.5. The molecule has 6 rings (SSSR count). The third-order valence-corrected chi connectivity index (χ3v) is 8.63. The number of amides is 1. The van der Waals surface area contributed by atoms with Crippen LogP contribution in [0, 0.1) is 5.41 Å². The molecule has 2 fully saturated rings. The summed E-state index contributed by atoms with van der Waals surface area (Å²) in [7, 11) is 0. The molecule has 8 heteroatoms. The van der Waals surface area contributed by atoms with Crippen LogP contribution in [0.3, 0.4) is 0 Å². The highest BCUT2D eigenvalue weighted by Gasteiger charge is 2.55. The van der Waals surface area contributed by atoms with Crippen molar-refractivity contribution < 1.29 is 19.4 Å². The molecule has 2 aromatic carbocycles. The van der Waals surface area contributed by atoms with Crippen LogP contribution in [-0.2, 0) is 17.8 Å². The molecule has 1 aliphatic carbocycles. The molecule has 1 aromatic heterocycles. The molecular weight excluding hydrogens is 482 g/mol. The predicted molar refractivity (Wildman–Crippen MR) is 142 cm³/mol. The van der Waals surface area contributed by atoms with Gasteiger partial charge in [0.1, 0.15) is 0 Å². The van der Waals surface area contributed by atoms with Gasteiger partial charge in [0.05, 0.1) is 24.2 Å². The number of hydrogen-bond acceptors (Lipinski definition) is 6. The second-order valence-electron chi connectivity index (χ2n) is 10.9. The number of aromatic nitrogens is 2. The smallest absolute Gasteiger partial charge is 0.253 e. The number of benzene rings is 2. The van der Waals surface area contributed by atoms with Gasteiger partial charge in [-0.25, -0.2) is 4.98 Å². The molecule has 8 nitrogen and oxygen atoms in total. The van der Waals surface area contributed by atoms with E-state index in [1.807, 2.05) is 53.4 Å². The van der Waals surface area contributed by atoms with Crippen molar-refractivity contribution in [2.24, 2.45) is 5.41 Å². The molecule has 1 amide bonds. The molecule has 1 N–H and O–H groups in total. The maximum absolute atomic E-state index is 13.3. The van der Waals surface area contributed by atoms with Gasteiger partial charge in [0.15, 0.2) is 11.5 Å². The summed E-state index contributed by atoms with van der Waals surface area (Å²) in [5.74, 6) is 1.56. The van der Waals surface area contributed by atoms with Crippen molar-refractivity contribution in [3.8, 4) is 22.8 Å². The monoisotopic (exact) mass is 515 g/mol. The molecule has 3 aromatic rings. The Bertz CT molecular complexity index is 1380. The zero-order chi connectivity index (χ0) is 26.2. The molecular formula is C30H33N3O5. The molecule has 1 spiro atoms. The summed E-state index contributed by atoms with van der Waals surface area (Å²) in [5.41, 5.74) is 0.877. The summed E-state index contributed by atoms with van der Waals surface area (Å²) in [6, 6.07) is 16.9. The largest absolute Gasteiger partial charge is 0.454 e. The lowest BCUT2D eigenvalue weighted by Crippen LogP contribution is -2.62. The molecule has 3 aliphatic rings. The third kappa shape index (κ3) is 4.58. The van der Waals surface area contributed by atoms with Gasteiger partial charge < -0.3 is 19.5 Å². The summed E-state index contributed by atoms with van der Waals surface area (Å²) >= 11 is 0. The van der Waals surface area contributed by atoms with Crippen molar-refractivity contribution in [3.63, 3.8) is 0 Å². The lowest BCUT2D eigenvalue weighted by atomic mass is 9.65. The average Bonchev–Trinajstić information content (AvgIpc) is 3.61. The van der Waals surface area contributed by atoms with E-state index in [1.54, 1.807) is 6.33 Å². The van der Waals surface area contributed by atoms with Crippen LogP contribution in [0.25, 0.3) is 11.3 Å². The summed E-state index contributed by atoms with van der Waals surface area (Å²) in [6.07, 6.45) is 6.74. The van der Waals surface area contributed by atoms with E-state index < -0.39 is 11.0 Å². The van der Waals surface area contributed by atoms with Gasteiger partial charge in [-0.3, -0.25) is 14.2 Å². The Morgan fingerprint density at radius 3 is 2.58 bits per heavy atom. The van der Waals surface area contributed by atoms with E-state index in [9.17, 15) is 14.7 Å². The number of ether oxygens (including phenoxy) is 2. The molecule has 0 unspecified atom stereocenters. The molecule has 0 radical (unpaired) electrons. The van der Waals surface area contributed by atoms with E-state index in [-0.39, 0.29) is 24.8 Å². The Morgan fingerprint density at radius 2 is 1.79 bits per heavy atom. The zero-order valence-electron chi connectivity index (χ0n) is 21.5. The van der Waals surface area contributed by atoms with E-state index in [1.165, 1.54) is 10.6 Å². The predicted octanol–water partition coefficient (Wildman–Crippen LogP) is 3.80. The molecule has 1 saturated heterocycles. The van der Waals surface area contributed by atoms with Gasteiger partial charge in [-0.1, -0.05) is 49.2 Å². The first-order chi connectivity index (χ1) is 18.4. The topological polar surface area (TPSA) is 93.9 Å². The Kier molecular flexibility index (Phi) is 6.43. The minimum absolute atomic E-state index is 0.0991. The SMILES string of the molecule is O=C(CCc1ccc2c(c1)OCO2)N1CC[C@@](O)(Cn2cnc(-c3ccccc3)cc2=O)C2(CCCC2)C1. The van der Waals surface area contributed by atoms with E-state index >= 15 is 0 Å². The van der Waals surface area contributed by atoms with Crippen molar-refractivity contribution in [2.75, 3.05) is 19.9 Å². The maximum Gasteiger partial charge on any atom is 0.253 e. The highest BCUT2D eigenvalue weighted by Crippen LogP contribution is 2.51. The first-order valence-electron chi connectivity index (χ1n) is 13.5. The minimum atomic E-state index is -1.07. The Labute approximate surface area is 221 Å². The van der Waals surface area contributed by atoms with Crippen LogP contribution in [0.1, 0.15) is 44.1 Å². The van der Waals surface area contributed by atoms with E-state index in [0.29, 0.717) is 38.0 Å². The second kappa shape index (κ2) is 9.91. The number of piperidine rings is 1. The molecule has 38 heavy (non-hydrogen) atoms. The quantitative estimate of drug-likeness (QED) is 0.537. The summed E-state index contributed by atoms with van der Waals surface area (Å²) in [6.45, 7) is 1.42. The number of rotatable bonds is 6. The number of likely N-dealkylation sites (tertiary alicyclic amines) is 1. The lowest BCUT2D eigenvalue weighted by molar-refractivity contribution is -0.160. The number of hydrogen-bond donors (Lipinski definition) is 1. The van der Waals surface area contributed by atoms with Gasteiger partial charge in [-0.2, -0.15) is 0 Å². The van der Waals surface area contributed by atoms with Crippen LogP contribution >= 0.6 is 0 Å². The van der Waals surface area contributed by atoms with Gasteiger partial charge in [0, 0.05) is 36.6 Å². The fourth-order valence-electron chi connectivity index (χ4n) is 6.41. The van der Waals surface area contributed by atoms with E-state index in [4.69, 9.17) is 9.47 Å². The van der Waals surface area contributed by atoms with Crippen LogP contribution < -0.4 is 15.0 Å². The van der Waals surface area contributed by atoms with Gasteiger partial charge in [-0.15, -0.1) is 0 Å². The normalized spacial score (nSPS) is 21.7. The van der Waals surface area contributed by atoms with Crippen LogP contribution in [0.15, 0.2) is 65.7 Å². The van der Waals surface area contributed by atoms with E-state index in [0.717, 1.165) is 48.3 Å². The fraction of sp³-hybridized carbons (Fsp3) is 0.433. The number of fused-ring (bicyclic) bond motifs is 1. The number of nitrogens with zero attached hydrogens (tertiary/aromatic N) is 3. The average molecular weight is 516 g/mol. The third-order valence-electron chi connectivity index (χ3n) is 8.63. The van der Waals surface area contributed by atoms with Gasteiger partial charge >= 0.3 is 0 Å². The lowest BCUT2D eigenvalue weighted by Gasteiger charge is -2.52. The van der Waals surface area contributed by atoms with Gasteiger partial charge in [0.2, 0.25) is 12.7 Å². The molecule has 198 valence electrons. The number of aliphatic hydroxyl groups is 1. The zero-order valence-corrected chi connectivity index (χ0v) is 21.5. The second-order valence-corrected chi connectivity index (χ2v) is 10.9. The van der Waals surface area contributed by atoms with Crippen molar-refractivity contribution in [3.05, 3.63) is 76.8 Å². The molecule has 1 atom stereocenters. The minimum Gasteiger partial charge on any atom is -0.454 e. The van der Waals surface area contributed by atoms with Crippen molar-refractivity contribution in [2.45, 2.75) is 57.1 Å². The molecule has 2 aliphatic heterocycles.